The van der Waals surface area contributed by atoms with Gasteiger partial charge in [-0.25, -0.2) is 9.97 Å². The fraction of sp³-hybridized carbons (Fsp3) is 0.364. The van der Waals surface area contributed by atoms with E-state index in [2.05, 4.69) is 20.6 Å². The van der Waals surface area contributed by atoms with E-state index in [9.17, 15) is 19.2 Å². The van der Waals surface area contributed by atoms with Crippen LogP contribution in [-0.4, -0.2) is 44.5 Å². The van der Waals surface area contributed by atoms with E-state index in [0.717, 1.165) is 25.0 Å². The molecule has 0 radical (unpaired) electrons. The minimum absolute atomic E-state index is 0.152. The van der Waals surface area contributed by atoms with Crippen molar-refractivity contribution in [1.82, 2.24) is 25.5 Å². The zero-order valence-electron chi connectivity index (χ0n) is 16.8. The quantitative estimate of drug-likeness (QED) is 0.702. The van der Waals surface area contributed by atoms with Gasteiger partial charge in [-0.2, -0.15) is 0 Å². The van der Waals surface area contributed by atoms with Crippen molar-refractivity contribution < 1.29 is 19.2 Å². The number of hydrogen-bond donors (Lipinski definition) is 2. The number of nitrogens with one attached hydrogen (secondary N) is 2. The molecule has 9 heteroatoms. The molecule has 3 heterocycles. The average molecular weight is 419 g/mol. The fourth-order valence-electron chi connectivity index (χ4n) is 4.49. The van der Waals surface area contributed by atoms with Crippen LogP contribution in [-0.2, 0) is 35.5 Å². The molecule has 2 aromatic rings. The van der Waals surface area contributed by atoms with E-state index in [1.165, 1.54) is 10.5 Å². The van der Waals surface area contributed by atoms with Gasteiger partial charge in [-0.3, -0.25) is 24.5 Å². The van der Waals surface area contributed by atoms with Crippen LogP contribution in [0, 0.1) is 0 Å². The van der Waals surface area contributed by atoms with Crippen molar-refractivity contribution in [2.75, 3.05) is 0 Å². The molecule has 158 valence electrons. The molecule has 1 aliphatic carbocycles. The Hall–Kier alpha value is -3.62. The molecular weight excluding hydrogens is 398 g/mol. The van der Waals surface area contributed by atoms with E-state index in [0.29, 0.717) is 22.5 Å². The molecule has 1 saturated heterocycles. The van der Waals surface area contributed by atoms with Crippen LogP contribution in [0.15, 0.2) is 24.4 Å². The predicted octanol–water partition coefficient (Wildman–Crippen LogP) is 0.656. The van der Waals surface area contributed by atoms with Crippen LogP contribution in [0.5, 0.6) is 0 Å². The normalized spacial score (nSPS) is 19.8. The first-order chi connectivity index (χ1) is 15.0. The summed E-state index contributed by atoms with van der Waals surface area (Å²) in [4.78, 5) is 59.7. The second-order valence-corrected chi connectivity index (χ2v) is 8.03. The number of piperidine rings is 1. The van der Waals surface area contributed by atoms with Gasteiger partial charge in [0, 0.05) is 36.0 Å². The molecule has 0 saturated carbocycles. The van der Waals surface area contributed by atoms with Crippen LogP contribution < -0.4 is 10.6 Å². The Morgan fingerprint density at radius 2 is 2.06 bits per heavy atom. The topological polar surface area (TPSA) is 121 Å². The lowest BCUT2D eigenvalue weighted by molar-refractivity contribution is -0.136. The monoisotopic (exact) mass is 419 g/mol. The van der Waals surface area contributed by atoms with E-state index in [1.807, 2.05) is 6.20 Å². The summed E-state index contributed by atoms with van der Waals surface area (Å²) in [5, 5.41) is 5.12. The second kappa shape index (κ2) is 7.57. The maximum absolute atomic E-state index is 12.9. The van der Waals surface area contributed by atoms with E-state index >= 15 is 0 Å². The third-order valence-electron chi connectivity index (χ3n) is 6.10. The molecule has 4 amide bonds. The highest BCUT2D eigenvalue weighted by molar-refractivity contribution is 6.07. The summed E-state index contributed by atoms with van der Waals surface area (Å²) in [7, 11) is 0. The molecule has 2 aliphatic heterocycles. The molecule has 3 aliphatic rings. The zero-order valence-corrected chi connectivity index (χ0v) is 16.8. The average Bonchev–Trinajstić information content (AvgIpc) is 3.36. The largest absolute Gasteiger partial charge is 0.345 e. The van der Waals surface area contributed by atoms with Crippen molar-refractivity contribution >= 4 is 23.6 Å². The van der Waals surface area contributed by atoms with Crippen molar-refractivity contribution in [3.05, 3.63) is 58.2 Å². The van der Waals surface area contributed by atoms with Gasteiger partial charge in [0.05, 0.1) is 6.54 Å². The fourth-order valence-corrected chi connectivity index (χ4v) is 4.49. The summed E-state index contributed by atoms with van der Waals surface area (Å²) < 4.78 is 0. The van der Waals surface area contributed by atoms with Crippen LogP contribution in [0.1, 0.15) is 62.6 Å². The predicted molar refractivity (Wildman–Crippen MR) is 108 cm³/mol. The lowest BCUT2D eigenvalue weighted by Gasteiger charge is -2.29. The highest BCUT2D eigenvalue weighted by Crippen LogP contribution is 2.30. The first kappa shape index (κ1) is 19.3. The van der Waals surface area contributed by atoms with Crippen molar-refractivity contribution in [3.63, 3.8) is 0 Å². The van der Waals surface area contributed by atoms with Crippen LogP contribution >= 0.6 is 0 Å². The molecule has 31 heavy (non-hydrogen) atoms. The van der Waals surface area contributed by atoms with E-state index in [1.54, 1.807) is 18.2 Å². The van der Waals surface area contributed by atoms with Crippen LogP contribution in [0.25, 0.3) is 0 Å². The molecule has 1 aromatic carbocycles. The van der Waals surface area contributed by atoms with E-state index in [4.69, 9.17) is 0 Å². The van der Waals surface area contributed by atoms with Crippen LogP contribution in [0.2, 0.25) is 0 Å². The number of imide groups is 1. The smallest absolute Gasteiger partial charge is 0.255 e. The van der Waals surface area contributed by atoms with Crippen molar-refractivity contribution in [3.8, 4) is 0 Å². The van der Waals surface area contributed by atoms with Crippen LogP contribution in [0.4, 0.5) is 0 Å². The molecule has 2 N–H and O–H groups in total. The lowest BCUT2D eigenvalue weighted by atomic mass is 10.0. The Kier molecular flexibility index (Phi) is 4.72. The van der Waals surface area contributed by atoms with Gasteiger partial charge in [-0.1, -0.05) is 6.07 Å². The van der Waals surface area contributed by atoms with Gasteiger partial charge in [0.25, 0.3) is 11.8 Å². The Balaban J connectivity index is 1.32. The molecule has 9 nitrogen and oxygen atoms in total. The second-order valence-electron chi connectivity index (χ2n) is 8.03. The summed E-state index contributed by atoms with van der Waals surface area (Å²) in [5.41, 5.74) is 3.60. The Bertz CT molecular complexity index is 1130. The minimum Gasteiger partial charge on any atom is -0.345 e. The Labute approximate surface area is 178 Å². The number of benzene rings is 1. The molecule has 0 bridgehead atoms. The maximum Gasteiger partial charge on any atom is 0.255 e. The van der Waals surface area contributed by atoms with Crippen LogP contribution in [0.3, 0.4) is 0 Å². The highest BCUT2D eigenvalue weighted by atomic mass is 16.2. The van der Waals surface area contributed by atoms with Gasteiger partial charge in [0.15, 0.2) is 0 Å². The first-order valence-corrected chi connectivity index (χ1v) is 10.4. The molecule has 1 aromatic heterocycles. The number of fused-ring (bicyclic) bond motifs is 2. The van der Waals surface area contributed by atoms with Crippen molar-refractivity contribution in [2.24, 2.45) is 0 Å². The van der Waals surface area contributed by atoms with E-state index in [-0.39, 0.29) is 43.7 Å². The van der Waals surface area contributed by atoms with Gasteiger partial charge in [-0.05, 0) is 48.9 Å². The summed E-state index contributed by atoms with van der Waals surface area (Å²) >= 11 is 0. The van der Waals surface area contributed by atoms with Crippen molar-refractivity contribution in [1.29, 1.82) is 0 Å². The zero-order chi connectivity index (χ0) is 21.5. The number of amides is 4. The molecule has 1 fully saturated rings. The molecular formula is C22H21N5O4. The van der Waals surface area contributed by atoms with Gasteiger partial charge >= 0.3 is 0 Å². The molecule has 1 unspecified atom stereocenters. The van der Waals surface area contributed by atoms with E-state index < -0.39 is 11.9 Å². The Morgan fingerprint density at radius 1 is 1.19 bits per heavy atom. The third-order valence-corrected chi connectivity index (χ3v) is 6.10. The molecule has 1 atom stereocenters. The maximum atomic E-state index is 12.9. The number of rotatable bonds is 4. The summed E-state index contributed by atoms with van der Waals surface area (Å²) in [6, 6.07) is 4.27. The SMILES string of the molecule is O=C1CCC(N2Cc3c(C(=O)NCc4ncc5c(n4)CCC5)cccc3C2=O)C(=O)N1. The number of nitrogens with zero attached hydrogens (tertiary/aromatic N) is 3. The van der Waals surface area contributed by atoms with Gasteiger partial charge in [0.1, 0.15) is 11.9 Å². The molecule has 5 rings (SSSR count). The van der Waals surface area contributed by atoms with Gasteiger partial charge in [0.2, 0.25) is 11.8 Å². The van der Waals surface area contributed by atoms with Gasteiger partial charge < -0.3 is 10.2 Å². The summed E-state index contributed by atoms with van der Waals surface area (Å²) in [5.74, 6) is -0.876. The number of aromatic nitrogens is 2. The first-order valence-electron chi connectivity index (χ1n) is 10.4. The number of carbonyl (C=O) groups is 4. The molecule has 0 spiro atoms. The summed E-state index contributed by atoms with van der Waals surface area (Å²) in [6.07, 6.45) is 5.30. The van der Waals surface area contributed by atoms with Gasteiger partial charge in [-0.15, -0.1) is 0 Å². The number of hydrogen-bond acceptors (Lipinski definition) is 6. The third kappa shape index (κ3) is 3.45. The summed E-state index contributed by atoms with van der Waals surface area (Å²) in [6.45, 7) is 0.347. The minimum atomic E-state index is -0.715. The standard InChI is InChI=1S/C22H21N5O4/c28-19-8-7-17(21(30)26-19)27-11-15-13(4-2-5-14(15)22(27)31)20(29)24-10-18-23-9-12-3-1-6-16(12)25-18/h2,4-5,9,17H,1,3,6-8,10-11H2,(H,24,29)(H,26,28,30). The highest BCUT2D eigenvalue weighted by Gasteiger charge is 2.40. The van der Waals surface area contributed by atoms with Crippen molar-refractivity contribution in [2.45, 2.75) is 51.2 Å². The number of aryl methyl sites for hydroxylation is 2. The Morgan fingerprint density at radius 3 is 2.90 bits per heavy atom. The lowest BCUT2D eigenvalue weighted by Crippen LogP contribution is -2.52. The number of carbonyl (C=O) groups excluding carboxylic acids is 4.